The van der Waals surface area contributed by atoms with Gasteiger partial charge in [0, 0.05) is 0 Å². The summed E-state index contributed by atoms with van der Waals surface area (Å²) in [4.78, 5) is 10.0. The van der Waals surface area contributed by atoms with Crippen LogP contribution in [0.15, 0.2) is 5.10 Å². The van der Waals surface area contributed by atoms with E-state index in [0.29, 0.717) is 0 Å². The first-order valence-electron chi connectivity index (χ1n) is 4.44. The Morgan fingerprint density at radius 1 is 1.56 bits per heavy atom. The molecular formula is C8H19FN4O2S. The van der Waals surface area contributed by atoms with E-state index < -0.39 is 5.97 Å². The molecule has 0 aliphatic rings. The van der Waals surface area contributed by atoms with Gasteiger partial charge in [0.05, 0.1) is 6.42 Å². The Morgan fingerprint density at radius 3 is 2.06 bits per heavy atom. The fraction of sp³-hybridized carbons (Fsp3) is 0.750. The largest absolute Gasteiger partial charge is 0.481 e. The summed E-state index contributed by atoms with van der Waals surface area (Å²) < 4.78 is 12.1. The number of nitrogens with zero attached hydrogens (tertiary/aromatic N) is 2. The summed E-state index contributed by atoms with van der Waals surface area (Å²) in [5.41, 5.74) is -0.0775. The number of halogens is 1. The molecule has 0 amide bonds. The maximum atomic E-state index is 11.4. The number of hydrazine groups is 1. The Morgan fingerprint density at radius 2 is 2.00 bits per heavy atom. The summed E-state index contributed by atoms with van der Waals surface area (Å²) in [6.07, 6.45) is 0.243. The number of carboxylic acids is 1. The molecule has 8 heteroatoms. The summed E-state index contributed by atoms with van der Waals surface area (Å²) in [5.74, 6) is 9.18. The minimum Gasteiger partial charge on any atom is -0.481 e. The molecule has 0 bridgehead atoms. The second-order valence-corrected chi connectivity index (χ2v) is 4.73. The predicted octanol–water partition coefficient (Wildman–Crippen LogP) is 1.49. The molecule has 6 nitrogen and oxygen atoms in total. The summed E-state index contributed by atoms with van der Waals surface area (Å²) in [6.45, 7) is 7.20. The summed E-state index contributed by atoms with van der Waals surface area (Å²) in [7, 11) is 0. The van der Waals surface area contributed by atoms with E-state index in [-0.39, 0.29) is 30.0 Å². The number of hydrazone groups is 1. The normalized spacial score (nSPS) is 11.5. The van der Waals surface area contributed by atoms with Crippen LogP contribution in [-0.2, 0) is 4.79 Å². The van der Waals surface area contributed by atoms with Crippen molar-refractivity contribution in [1.82, 2.24) is 4.41 Å². The monoisotopic (exact) mass is 254 g/mol. The highest BCUT2D eigenvalue weighted by Gasteiger charge is 2.13. The average molecular weight is 254 g/mol. The number of rotatable bonds is 2. The first-order valence-corrected chi connectivity index (χ1v) is 5.11. The lowest BCUT2D eigenvalue weighted by Gasteiger charge is -2.13. The Bertz CT molecular complexity index is 243. The molecule has 0 spiro atoms. The third-order valence-electron chi connectivity index (χ3n) is 1.26. The van der Waals surface area contributed by atoms with Gasteiger partial charge in [-0.3, -0.25) is 4.79 Å². The van der Waals surface area contributed by atoms with Crippen molar-refractivity contribution in [2.24, 2.45) is 22.2 Å². The second kappa shape index (κ2) is 8.17. The summed E-state index contributed by atoms with van der Waals surface area (Å²) >= 11 is -0.142. The number of carboxylic acid groups (broad SMARTS) is 1. The van der Waals surface area contributed by atoms with Crippen molar-refractivity contribution >= 4 is 24.1 Å². The zero-order valence-electron chi connectivity index (χ0n) is 9.90. The van der Waals surface area contributed by atoms with Gasteiger partial charge in [-0.1, -0.05) is 20.8 Å². The highest BCUT2D eigenvalue weighted by molar-refractivity contribution is 7.92. The Hall–Kier alpha value is -1.02. The minimum atomic E-state index is -0.725. The molecule has 0 aromatic heterocycles. The highest BCUT2D eigenvalue weighted by Crippen LogP contribution is 2.17. The quantitative estimate of drug-likeness (QED) is 0.227. The topological polar surface area (TPSA) is 105 Å². The predicted molar refractivity (Wildman–Crippen MR) is 63.7 cm³/mol. The van der Waals surface area contributed by atoms with Crippen molar-refractivity contribution < 1.29 is 13.8 Å². The van der Waals surface area contributed by atoms with Crippen LogP contribution >= 0.6 is 12.3 Å². The molecule has 0 aliphatic carbocycles. The smallest absolute Gasteiger partial charge is 0.303 e. The number of hydrogen-bond donors (Lipinski definition) is 3. The van der Waals surface area contributed by atoms with Crippen molar-refractivity contribution in [3.63, 3.8) is 0 Å². The number of carbonyl (C=O) groups is 1. The van der Waals surface area contributed by atoms with Crippen LogP contribution in [-0.4, -0.2) is 21.3 Å². The van der Waals surface area contributed by atoms with E-state index in [4.69, 9.17) is 16.8 Å². The SMILES string of the molecule is C/C(=N/N)N(N)SF.CC(C)(C)CC(=O)O. The molecule has 0 rings (SSSR count). The van der Waals surface area contributed by atoms with Gasteiger partial charge in [-0.05, 0) is 12.3 Å². The van der Waals surface area contributed by atoms with Crippen LogP contribution in [0, 0.1) is 5.41 Å². The van der Waals surface area contributed by atoms with Crippen molar-refractivity contribution in [2.75, 3.05) is 0 Å². The minimum absolute atomic E-state index is 0.0775. The number of amidine groups is 1. The molecular weight excluding hydrogens is 235 g/mol. The molecule has 96 valence electrons. The van der Waals surface area contributed by atoms with Crippen LogP contribution in [0.1, 0.15) is 34.1 Å². The lowest BCUT2D eigenvalue weighted by molar-refractivity contribution is -0.139. The molecule has 16 heavy (non-hydrogen) atoms. The first-order chi connectivity index (χ1) is 7.14. The lowest BCUT2D eigenvalue weighted by atomic mass is 9.93. The van der Waals surface area contributed by atoms with Crippen LogP contribution in [0.4, 0.5) is 3.89 Å². The van der Waals surface area contributed by atoms with Gasteiger partial charge in [-0.2, -0.15) is 5.10 Å². The zero-order chi connectivity index (χ0) is 13.4. The van der Waals surface area contributed by atoms with Gasteiger partial charge < -0.3 is 10.9 Å². The van der Waals surface area contributed by atoms with E-state index in [1.807, 2.05) is 20.8 Å². The van der Waals surface area contributed by atoms with E-state index in [1.165, 1.54) is 6.92 Å². The molecule has 0 saturated heterocycles. The van der Waals surface area contributed by atoms with Crippen LogP contribution in [0.25, 0.3) is 0 Å². The molecule has 0 aliphatic heterocycles. The molecule has 5 N–H and O–H groups in total. The molecule has 0 fully saturated rings. The number of nitrogens with two attached hydrogens (primary N) is 2. The van der Waals surface area contributed by atoms with Crippen molar-refractivity contribution in [3.05, 3.63) is 0 Å². The van der Waals surface area contributed by atoms with Gasteiger partial charge >= 0.3 is 5.97 Å². The van der Waals surface area contributed by atoms with E-state index >= 15 is 0 Å². The van der Waals surface area contributed by atoms with Crippen LogP contribution in [0.2, 0.25) is 0 Å². The highest BCUT2D eigenvalue weighted by atomic mass is 32.2. The molecule has 0 saturated carbocycles. The number of aliphatic carboxylic acids is 1. The maximum Gasteiger partial charge on any atom is 0.303 e. The summed E-state index contributed by atoms with van der Waals surface area (Å²) in [6, 6.07) is 0. The Balaban J connectivity index is 0. The Labute approximate surface area is 99.3 Å². The van der Waals surface area contributed by atoms with Gasteiger partial charge in [0.2, 0.25) is 0 Å². The van der Waals surface area contributed by atoms with Gasteiger partial charge in [-0.25, -0.2) is 10.3 Å². The molecule has 0 atom stereocenters. The van der Waals surface area contributed by atoms with Crippen molar-refractivity contribution in [3.8, 4) is 0 Å². The first kappa shape index (κ1) is 17.4. The van der Waals surface area contributed by atoms with Crippen LogP contribution in [0.5, 0.6) is 0 Å². The lowest BCUT2D eigenvalue weighted by Crippen LogP contribution is -2.28. The third kappa shape index (κ3) is 13.0. The number of hydrogen-bond acceptors (Lipinski definition) is 5. The summed E-state index contributed by atoms with van der Waals surface area (Å²) in [5, 5.41) is 11.4. The molecule has 0 unspecified atom stereocenters. The van der Waals surface area contributed by atoms with Crippen LogP contribution < -0.4 is 11.7 Å². The van der Waals surface area contributed by atoms with Gasteiger partial charge in [-0.15, -0.1) is 3.89 Å². The van der Waals surface area contributed by atoms with E-state index in [2.05, 4.69) is 5.10 Å². The zero-order valence-corrected chi connectivity index (χ0v) is 10.7. The van der Waals surface area contributed by atoms with E-state index in [0.717, 1.165) is 4.41 Å². The molecule has 0 radical (unpaired) electrons. The van der Waals surface area contributed by atoms with Crippen molar-refractivity contribution in [1.29, 1.82) is 0 Å². The van der Waals surface area contributed by atoms with Gasteiger partial charge in [0.1, 0.15) is 5.84 Å². The van der Waals surface area contributed by atoms with E-state index in [1.54, 1.807) is 0 Å². The second-order valence-electron chi connectivity index (χ2n) is 4.20. The molecule has 0 aromatic rings. The van der Waals surface area contributed by atoms with Crippen LogP contribution in [0.3, 0.4) is 0 Å². The Kier molecular flexibility index (Phi) is 8.87. The standard InChI is InChI=1S/C6H12O2.C2H7FN4S/c1-6(2,3)4-5(7)8;1-2(6-4)7(5)8-3/h4H2,1-3H3,(H,7,8);4-5H2,1H3/b;6-2-. The van der Waals surface area contributed by atoms with Gasteiger partial charge in [0.25, 0.3) is 0 Å². The average Bonchev–Trinajstić information content (AvgIpc) is 2.12. The molecule has 0 aromatic carbocycles. The fourth-order valence-corrected chi connectivity index (χ4v) is 0.708. The fourth-order valence-electron chi connectivity index (χ4n) is 0.561. The molecule has 0 heterocycles. The van der Waals surface area contributed by atoms with Gasteiger partial charge in [0.15, 0.2) is 12.3 Å². The van der Waals surface area contributed by atoms with E-state index in [9.17, 15) is 8.68 Å². The third-order valence-corrected chi connectivity index (χ3v) is 1.67. The van der Waals surface area contributed by atoms with Crippen molar-refractivity contribution in [2.45, 2.75) is 34.1 Å². The maximum absolute atomic E-state index is 11.4.